The van der Waals surface area contributed by atoms with Crippen molar-refractivity contribution in [3.63, 3.8) is 0 Å². The van der Waals surface area contributed by atoms with E-state index in [1.807, 2.05) is 0 Å². The Balaban J connectivity index is 1.84. The third-order valence-electron chi connectivity index (χ3n) is 4.65. The van der Waals surface area contributed by atoms with Gasteiger partial charge >= 0.3 is 0 Å². The van der Waals surface area contributed by atoms with Crippen molar-refractivity contribution in [1.29, 1.82) is 0 Å². The lowest BCUT2D eigenvalue weighted by molar-refractivity contribution is -0.129. The van der Waals surface area contributed by atoms with Crippen LogP contribution in [0.5, 0.6) is 0 Å². The average molecular weight is 287 g/mol. The van der Waals surface area contributed by atoms with E-state index in [-0.39, 0.29) is 5.41 Å². The van der Waals surface area contributed by atoms with Gasteiger partial charge < -0.3 is 5.32 Å². The lowest BCUT2D eigenvalue weighted by Gasteiger charge is -2.35. The van der Waals surface area contributed by atoms with Crippen LogP contribution in [0.2, 0.25) is 0 Å². The summed E-state index contributed by atoms with van der Waals surface area (Å²) in [7, 11) is 0. The highest BCUT2D eigenvalue weighted by Crippen LogP contribution is 2.34. The summed E-state index contributed by atoms with van der Waals surface area (Å²) in [6.45, 7) is 4.05. The van der Waals surface area contributed by atoms with Gasteiger partial charge in [0.1, 0.15) is 5.78 Å². The van der Waals surface area contributed by atoms with Gasteiger partial charge in [-0.2, -0.15) is 0 Å². The van der Waals surface area contributed by atoms with Gasteiger partial charge in [0.25, 0.3) is 0 Å². The molecule has 1 aromatic carbocycles. The predicted octanol–water partition coefficient (Wildman–Crippen LogP) is 3.79. The molecule has 0 spiro atoms. The maximum atomic E-state index is 12.8. The number of nitrogens with one attached hydrogen (secondary N) is 1. The van der Waals surface area contributed by atoms with Gasteiger partial charge in [0.15, 0.2) is 0 Å². The summed E-state index contributed by atoms with van der Waals surface area (Å²) in [5.41, 5.74) is 1.07. The van der Waals surface area contributed by atoms with Gasteiger partial charge in [0, 0.05) is 23.1 Å². The molecular formula is C17H21NOS. The number of carbonyl (C=O) groups excluding carboxylic acids is 1. The summed E-state index contributed by atoms with van der Waals surface area (Å²) < 4.78 is 1.28. The maximum absolute atomic E-state index is 12.8. The maximum Gasteiger partial charge on any atom is 0.144 e. The molecule has 2 nitrogen and oxygen atoms in total. The van der Waals surface area contributed by atoms with Crippen molar-refractivity contribution in [2.45, 2.75) is 32.6 Å². The predicted molar refractivity (Wildman–Crippen MR) is 85.4 cm³/mol. The number of carbonyl (C=O) groups is 1. The van der Waals surface area contributed by atoms with E-state index >= 15 is 0 Å². The van der Waals surface area contributed by atoms with Crippen molar-refractivity contribution >= 4 is 27.2 Å². The lowest BCUT2D eigenvalue weighted by Crippen LogP contribution is -2.45. The zero-order valence-electron chi connectivity index (χ0n) is 11.9. The largest absolute Gasteiger partial charge is 0.316 e. The third kappa shape index (κ3) is 2.40. The number of rotatable bonds is 4. The van der Waals surface area contributed by atoms with Crippen LogP contribution < -0.4 is 5.32 Å². The van der Waals surface area contributed by atoms with Crippen molar-refractivity contribution in [3.05, 3.63) is 35.2 Å². The van der Waals surface area contributed by atoms with Crippen LogP contribution in [-0.4, -0.2) is 18.9 Å². The molecule has 106 valence electrons. The van der Waals surface area contributed by atoms with E-state index in [2.05, 4.69) is 41.9 Å². The van der Waals surface area contributed by atoms with Gasteiger partial charge in [-0.3, -0.25) is 4.79 Å². The van der Waals surface area contributed by atoms with Crippen LogP contribution in [0.15, 0.2) is 29.6 Å². The number of Topliss-reactive ketones (excluding diaryl/α,β-unsaturated/α-hetero) is 1. The minimum absolute atomic E-state index is 0.138. The van der Waals surface area contributed by atoms with Crippen molar-refractivity contribution < 1.29 is 4.79 Å². The topological polar surface area (TPSA) is 29.1 Å². The van der Waals surface area contributed by atoms with E-state index < -0.39 is 0 Å². The first-order chi connectivity index (χ1) is 9.75. The minimum atomic E-state index is -0.138. The van der Waals surface area contributed by atoms with Gasteiger partial charge in [-0.1, -0.05) is 25.1 Å². The van der Waals surface area contributed by atoms with Crippen molar-refractivity contribution in [1.82, 2.24) is 5.32 Å². The molecule has 2 heterocycles. The van der Waals surface area contributed by atoms with Crippen molar-refractivity contribution in [3.8, 4) is 0 Å². The second kappa shape index (κ2) is 5.66. The van der Waals surface area contributed by atoms with Gasteiger partial charge in [-0.25, -0.2) is 0 Å². The number of thiophene rings is 1. The van der Waals surface area contributed by atoms with Crippen LogP contribution in [0, 0.1) is 5.41 Å². The number of piperidine rings is 1. The fourth-order valence-corrected chi connectivity index (χ4v) is 4.20. The molecule has 2 aromatic rings. The van der Waals surface area contributed by atoms with E-state index in [1.54, 1.807) is 11.3 Å². The highest BCUT2D eigenvalue weighted by Gasteiger charge is 2.37. The molecule has 1 aliphatic rings. The normalized spacial score (nSPS) is 23.1. The Kier molecular flexibility index (Phi) is 3.90. The molecule has 1 fully saturated rings. The van der Waals surface area contributed by atoms with E-state index in [9.17, 15) is 4.79 Å². The van der Waals surface area contributed by atoms with Crippen LogP contribution in [-0.2, 0) is 11.2 Å². The number of hydrogen-bond donors (Lipinski definition) is 1. The molecule has 1 unspecified atom stereocenters. The van der Waals surface area contributed by atoms with Gasteiger partial charge in [0.05, 0.1) is 0 Å². The molecule has 0 radical (unpaired) electrons. The fraction of sp³-hybridized carbons (Fsp3) is 0.471. The summed E-state index contributed by atoms with van der Waals surface area (Å²) in [4.78, 5) is 12.8. The zero-order chi connectivity index (χ0) is 14.0. The van der Waals surface area contributed by atoms with Crippen LogP contribution in [0.3, 0.4) is 0 Å². The van der Waals surface area contributed by atoms with Crippen molar-refractivity contribution in [2.75, 3.05) is 13.1 Å². The van der Waals surface area contributed by atoms with Crippen LogP contribution in [0.25, 0.3) is 10.1 Å². The Morgan fingerprint density at radius 3 is 3.00 bits per heavy atom. The standard InChI is InChI=1S/C17H21NOS/c1-2-17(8-5-9-18-12-17)16(19)10-13-11-20-15-7-4-3-6-14(13)15/h3-4,6-7,11,18H,2,5,8-10,12H2,1H3. The third-order valence-corrected chi connectivity index (χ3v) is 5.67. The minimum Gasteiger partial charge on any atom is -0.316 e. The van der Waals surface area contributed by atoms with E-state index in [0.717, 1.165) is 32.4 Å². The van der Waals surface area contributed by atoms with Gasteiger partial charge in [0.2, 0.25) is 0 Å². The molecule has 20 heavy (non-hydrogen) atoms. The smallest absolute Gasteiger partial charge is 0.144 e. The molecule has 3 heteroatoms. The van der Waals surface area contributed by atoms with E-state index in [4.69, 9.17) is 0 Å². The SMILES string of the molecule is CCC1(C(=O)Cc2csc3ccccc23)CCCNC1. The molecule has 1 aliphatic heterocycles. The average Bonchev–Trinajstić information content (AvgIpc) is 2.91. The van der Waals surface area contributed by atoms with Crippen LogP contribution in [0.4, 0.5) is 0 Å². The zero-order valence-corrected chi connectivity index (χ0v) is 12.8. The molecule has 0 bridgehead atoms. The van der Waals surface area contributed by atoms with E-state index in [1.165, 1.54) is 15.6 Å². The van der Waals surface area contributed by atoms with Crippen molar-refractivity contribution in [2.24, 2.45) is 5.41 Å². The number of fused-ring (bicyclic) bond motifs is 1. The first-order valence-electron chi connectivity index (χ1n) is 7.44. The molecule has 1 atom stereocenters. The Morgan fingerprint density at radius 1 is 1.40 bits per heavy atom. The van der Waals surface area contributed by atoms with Gasteiger partial charge in [-0.15, -0.1) is 11.3 Å². The molecule has 1 N–H and O–H groups in total. The summed E-state index contributed by atoms with van der Waals surface area (Å²) in [6.07, 6.45) is 3.68. The molecule has 0 amide bonds. The summed E-state index contributed by atoms with van der Waals surface area (Å²) in [6, 6.07) is 8.38. The highest BCUT2D eigenvalue weighted by molar-refractivity contribution is 7.17. The lowest BCUT2D eigenvalue weighted by atomic mass is 9.73. The monoisotopic (exact) mass is 287 g/mol. The summed E-state index contributed by atoms with van der Waals surface area (Å²) in [5.74, 6) is 0.413. The second-order valence-corrected chi connectivity index (χ2v) is 6.68. The number of ketones is 1. The molecule has 0 saturated carbocycles. The molecule has 1 aromatic heterocycles. The Labute approximate surface area is 124 Å². The van der Waals surface area contributed by atoms with E-state index in [0.29, 0.717) is 12.2 Å². The Bertz CT molecular complexity index is 610. The molecule has 3 rings (SSSR count). The number of hydrogen-bond acceptors (Lipinski definition) is 3. The quantitative estimate of drug-likeness (QED) is 0.927. The van der Waals surface area contributed by atoms with Crippen LogP contribution in [0.1, 0.15) is 31.7 Å². The molecule has 1 saturated heterocycles. The molecular weight excluding hydrogens is 266 g/mol. The first-order valence-corrected chi connectivity index (χ1v) is 8.32. The Morgan fingerprint density at radius 2 is 2.25 bits per heavy atom. The van der Waals surface area contributed by atoms with Crippen LogP contribution >= 0.6 is 11.3 Å². The summed E-state index contributed by atoms with van der Waals surface area (Å²) in [5, 5.41) is 6.81. The van der Waals surface area contributed by atoms with Gasteiger partial charge in [-0.05, 0) is 48.2 Å². The molecule has 0 aliphatic carbocycles. The summed E-state index contributed by atoms with van der Waals surface area (Å²) >= 11 is 1.74. The highest BCUT2D eigenvalue weighted by atomic mass is 32.1. The number of benzene rings is 1. The Hall–Kier alpha value is -1.19. The fourth-order valence-electron chi connectivity index (χ4n) is 3.23. The second-order valence-electron chi connectivity index (χ2n) is 5.77. The first kappa shape index (κ1) is 13.8.